The van der Waals surface area contributed by atoms with Crippen molar-refractivity contribution in [1.29, 1.82) is 0 Å². The summed E-state index contributed by atoms with van der Waals surface area (Å²) >= 11 is 0. The monoisotopic (exact) mass is 296 g/mol. The van der Waals surface area contributed by atoms with Gasteiger partial charge in [0, 0.05) is 17.1 Å². The standard InChI is InChI=1S/C15H15F3N2O/c1-10-8-13(14(21)19-9-15(16,17)18)11(2)20(10)12-6-4-3-5-7-12/h3-8H,9H2,1-2H3,(H,19,21). The van der Waals surface area contributed by atoms with E-state index in [-0.39, 0.29) is 5.56 Å². The summed E-state index contributed by atoms with van der Waals surface area (Å²) in [4.78, 5) is 11.9. The van der Waals surface area contributed by atoms with Crippen molar-refractivity contribution in [1.82, 2.24) is 9.88 Å². The molecule has 0 aliphatic heterocycles. The number of carbonyl (C=O) groups is 1. The molecule has 2 aromatic rings. The van der Waals surface area contributed by atoms with E-state index in [1.54, 1.807) is 19.9 Å². The molecule has 1 aromatic heterocycles. The molecule has 0 atom stereocenters. The lowest BCUT2D eigenvalue weighted by Gasteiger charge is -2.10. The zero-order chi connectivity index (χ0) is 15.6. The van der Waals surface area contributed by atoms with Crippen LogP contribution in [-0.4, -0.2) is 23.2 Å². The Hall–Kier alpha value is -2.24. The highest BCUT2D eigenvalue weighted by Crippen LogP contribution is 2.21. The van der Waals surface area contributed by atoms with Crippen LogP contribution in [0, 0.1) is 13.8 Å². The van der Waals surface area contributed by atoms with E-state index in [9.17, 15) is 18.0 Å². The number of benzene rings is 1. The maximum atomic E-state index is 12.2. The number of aryl methyl sites for hydroxylation is 1. The SMILES string of the molecule is Cc1cc(C(=O)NCC(F)(F)F)c(C)n1-c1ccccc1. The fraction of sp³-hybridized carbons (Fsp3) is 0.267. The molecule has 112 valence electrons. The molecule has 0 bridgehead atoms. The van der Waals surface area contributed by atoms with Gasteiger partial charge in [0.2, 0.25) is 0 Å². The summed E-state index contributed by atoms with van der Waals surface area (Å²) in [6.07, 6.45) is -4.42. The van der Waals surface area contributed by atoms with Crippen LogP contribution in [0.2, 0.25) is 0 Å². The third-order valence-electron chi connectivity index (χ3n) is 3.14. The van der Waals surface area contributed by atoms with Gasteiger partial charge in [0.1, 0.15) is 6.54 Å². The van der Waals surface area contributed by atoms with Gasteiger partial charge in [0.15, 0.2) is 0 Å². The van der Waals surface area contributed by atoms with Crippen molar-refractivity contribution in [2.75, 3.05) is 6.54 Å². The molecule has 0 aliphatic carbocycles. The first-order chi connectivity index (χ1) is 9.79. The molecule has 6 heteroatoms. The summed E-state index contributed by atoms with van der Waals surface area (Å²) in [5.74, 6) is -0.720. The van der Waals surface area contributed by atoms with Crippen LogP contribution in [0.3, 0.4) is 0 Å². The van der Waals surface area contributed by atoms with E-state index in [1.807, 2.05) is 40.2 Å². The molecule has 0 fully saturated rings. The van der Waals surface area contributed by atoms with E-state index < -0.39 is 18.6 Å². The minimum atomic E-state index is -4.42. The second kappa shape index (κ2) is 5.63. The molecule has 0 spiro atoms. The third-order valence-corrected chi connectivity index (χ3v) is 3.14. The summed E-state index contributed by atoms with van der Waals surface area (Å²) in [5.41, 5.74) is 2.51. The van der Waals surface area contributed by atoms with Gasteiger partial charge in [-0.1, -0.05) is 18.2 Å². The van der Waals surface area contributed by atoms with Crippen molar-refractivity contribution in [3.63, 3.8) is 0 Å². The first-order valence-corrected chi connectivity index (χ1v) is 6.39. The third kappa shape index (κ3) is 3.45. The number of alkyl halides is 3. The van der Waals surface area contributed by atoms with Crippen LogP contribution in [0.1, 0.15) is 21.7 Å². The molecule has 21 heavy (non-hydrogen) atoms. The molecule has 3 nitrogen and oxygen atoms in total. The van der Waals surface area contributed by atoms with E-state index in [1.165, 1.54) is 0 Å². The number of para-hydroxylation sites is 1. The molecule has 0 saturated carbocycles. The first-order valence-electron chi connectivity index (χ1n) is 6.39. The van der Waals surface area contributed by atoms with Gasteiger partial charge in [0.05, 0.1) is 5.56 Å². The smallest absolute Gasteiger partial charge is 0.343 e. The molecule has 1 heterocycles. The number of nitrogens with zero attached hydrogens (tertiary/aromatic N) is 1. The van der Waals surface area contributed by atoms with Crippen LogP contribution in [0.15, 0.2) is 36.4 Å². The molecule has 1 amide bonds. The average molecular weight is 296 g/mol. The fourth-order valence-corrected chi connectivity index (χ4v) is 2.24. The van der Waals surface area contributed by atoms with Crippen LogP contribution in [0.4, 0.5) is 13.2 Å². The highest BCUT2D eigenvalue weighted by Gasteiger charge is 2.28. The second-order valence-corrected chi connectivity index (χ2v) is 4.75. The van der Waals surface area contributed by atoms with Gasteiger partial charge in [0.25, 0.3) is 5.91 Å². The summed E-state index contributed by atoms with van der Waals surface area (Å²) in [6, 6.07) is 10.9. The quantitative estimate of drug-likeness (QED) is 0.925. The number of hydrogen-bond acceptors (Lipinski definition) is 1. The Labute approximate surface area is 120 Å². The molecular weight excluding hydrogens is 281 g/mol. The maximum absolute atomic E-state index is 12.2. The van der Waals surface area contributed by atoms with Crippen molar-refractivity contribution < 1.29 is 18.0 Å². The Bertz CT molecular complexity index is 645. The van der Waals surface area contributed by atoms with Crippen LogP contribution < -0.4 is 5.32 Å². The average Bonchev–Trinajstić information content (AvgIpc) is 2.71. The van der Waals surface area contributed by atoms with Gasteiger partial charge in [-0.15, -0.1) is 0 Å². The lowest BCUT2D eigenvalue weighted by Crippen LogP contribution is -2.33. The van der Waals surface area contributed by atoms with Crippen LogP contribution in [-0.2, 0) is 0 Å². The second-order valence-electron chi connectivity index (χ2n) is 4.75. The lowest BCUT2D eigenvalue weighted by atomic mass is 10.2. The van der Waals surface area contributed by atoms with Crippen LogP contribution >= 0.6 is 0 Å². The van der Waals surface area contributed by atoms with Gasteiger partial charge in [-0.25, -0.2) is 0 Å². The Morgan fingerprint density at radius 1 is 1.19 bits per heavy atom. The highest BCUT2D eigenvalue weighted by atomic mass is 19.4. The summed E-state index contributed by atoms with van der Waals surface area (Å²) in [7, 11) is 0. The van der Waals surface area contributed by atoms with Crippen molar-refractivity contribution in [3.05, 3.63) is 53.3 Å². The predicted octanol–water partition coefficient (Wildman–Crippen LogP) is 3.39. The molecular formula is C15H15F3N2O. The van der Waals surface area contributed by atoms with Crippen molar-refractivity contribution >= 4 is 5.91 Å². The lowest BCUT2D eigenvalue weighted by molar-refractivity contribution is -0.123. The Balaban J connectivity index is 2.29. The molecule has 0 saturated heterocycles. The fourth-order valence-electron chi connectivity index (χ4n) is 2.24. The number of rotatable bonds is 3. The largest absolute Gasteiger partial charge is 0.405 e. The zero-order valence-corrected chi connectivity index (χ0v) is 11.7. The Kier molecular flexibility index (Phi) is 4.06. The van der Waals surface area contributed by atoms with Gasteiger partial charge in [-0.3, -0.25) is 4.79 Å². The normalized spacial score (nSPS) is 11.5. The summed E-state index contributed by atoms with van der Waals surface area (Å²) < 4.78 is 38.3. The van der Waals surface area contributed by atoms with Gasteiger partial charge in [-0.05, 0) is 32.0 Å². The van der Waals surface area contributed by atoms with Crippen molar-refractivity contribution in [3.8, 4) is 5.69 Å². The number of halogens is 3. The number of hydrogen-bond donors (Lipinski definition) is 1. The molecule has 0 aliphatic rings. The van der Waals surface area contributed by atoms with Gasteiger partial charge < -0.3 is 9.88 Å². The van der Waals surface area contributed by atoms with Gasteiger partial charge in [-0.2, -0.15) is 13.2 Å². The van der Waals surface area contributed by atoms with E-state index in [0.29, 0.717) is 5.69 Å². The Morgan fingerprint density at radius 3 is 2.38 bits per heavy atom. The first kappa shape index (κ1) is 15.2. The minimum absolute atomic E-state index is 0.251. The molecule has 0 unspecified atom stereocenters. The predicted molar refractivity (Wildman–Crippen MR) is 73.6 cm³/mol. The van der Waals surface area contributed by atoms with E-state index in [2.05, 4.69) is 0 Å². The maximum Gasteiger partial charge on any atom is 0.405 e. The van der Waals surface area contributed by atoms with Crippen molar-refractivity contribution in [2.45, 2.75) is 20.0 Å². The molecule has 1 aromatic carbocycles. The number of amides is 1. The van der Waals surface area contributed by atoms with Gasteiger partial charge >= 0.3 is 6.18 Å². The van der Waals surface area contributed by atoms with Crippen LogP contribution in [0.5, 0.6) is 0 Å². The van der Waals surface area contributed by atoms with E-state index in [4.69, 9.17) is 0 Å². The van der Waals surface area contributed by atoms with E-state index >= 15 is 0 Å². The Morgan fingerprint density at radius 2 is 1.81 bits per heavy atom. The minimum Gasteiger partial charge on any atom is -0.343 e. The number of carbonyl (C=O) groups excluding carboxylic acids is 1. The molecule has 0 radical (unpaired) electrons. The van der Waals surface area contributed by atoms with E-state index in [0.717, 1.165) is 11.4 Å². The van der Waals surface area contributed by atoms with Crippen molar-refractivity contribution in [2.24, 2.45) is 0 Å². The summed E-state index contributed by atoms with van der Waals surface area (Å²) in [5, 5.41) is 1.89. The van der Waals surface area contributed by atoms with Crippen LogP contribution in [0.25, 0.3) is 5.69 Å². The highest BCUT2D eigenvalue weighted by molar-refractivity contribution is 5.95. The molecule has 2 rings (SSSR count). The topological polar surface area (TPSA) is 34.0 Å². The molecule has 1 N–H and O–H groups in total. The number of nitrogens with one attached hydrogen (secondary N) is 1. The summed E-state index contributed by atoms with van der Waals surface area (Å²) in [6.45, 7) is 2.18. The number of aromatic nitrogens is 1. The zero-order valence-electron chi connectivity index (χ0n) is 11.7.